The molecule has 0 spiro atoms. The first-order valence-corrected chi connectivity index (χ1v) is 12.7. The van der Waals surface area contributed by atoms with E-state index in [1.54, 1.807) is 0 Å². The van der Waals surface area contributed by atoms with Crippen LogP contribution in [0, 0.1) is 0 Å². The van der Waals surface area contributed by atoms with E-state index < -0.39 is 18.1 Å². The number of rotatable bonds is 7. The molecule has 1 aliphatic carbocycles. The van der Waals surface area contributed by atoms with Crippen LogP contribution in [0.4, 0.5) is 4.79 Å². The van der Waals surface area contributed by atoms with Crippen LogP contribution in [0.1, 0.15) is 43.4 Å². The third-order valence-corrected chi connectivity index (χ3v) is 6.70. The summed E-state index contributed by atoms with van der Waals surface area (Å²) in [4.78, 5) is 24.8. The van der Waals surface area contributed by atoms with Crippen molar-refractivity contribution in [2.24, 2.45) is 0 Å². The number of nitrogens with one attached hydrogen (secondary N) is 1. The van der Waals surface area contributed by atoms with Gasteiger partial charge in [0.25, 0.3) is 0 Å². The molecule has 0 fully saturated rings. The van der Waals surface area contributed by atoms with E-state index in [1.807, 2.05) is 93.6 Å². The zero-order chi connectivity index (χ0) is 26.9. The van der Waals surface area contributed by atoms with Gasteiger partial charge in [0.05, 0.1) is 0 Å². The Morgan fingerprint density at radius 3 is 2.18 bits per heavy atom. The summed E-state index contributed by atoms with van der Waals surface area (Å²) >= 11 is 0. The maximum Gasteiger partial charge on any atom is 0.407 e. The molecule has 0 heterocycles. The van der Waals surface area contributed by atoms with Crippen LogP contribution in [0.3, 0.4) is 0 Å². The first-order valence-electron chi connectivity index (χ1n) is 12.7. The Kier molecular flexibility index (Phi) is 6.81. The highest BCUT2D eigenvalue weighted by Gasteiger charge is 2.30. The number of carboxylic acid groups (broad SMARTS) is 1. The van der Waals surface area contributed by atoms with Gasteiger partial charge in [-0.1, -0.05) is 72.8 Å². The van der Waals surface area contributed by atoms with Crippen molar-refractivity contribution in [3.05, 3.63) is 102 Å². The number of ether oxygens (including phenoxy) is 2. The van der Waals surface area contributed by atoms with Crippen LogP contribution < -0.4 is 10.1 Å². The van der Waals surface area contributed by atoms with Crippen LogP contribution >= 0.6 is 0 Å². The summed E-state index contributed by atoms with van der Waals surface area (Å²) in [5.41, 5.74) is 4.85. The van der Waals surface area contributed by atoms with Crippen LogP contribution in [0.5, 0.6) is 5.75 Å². The van der Waals surface area contributed by atoms with Gasteiger partial charge in [0.1, 0.15) is 24.0 Å². The van der Waals surface area contributed by atoms with Crippen LogP contribution in [0.2, 0.25) is 0 Å². The maximum absolute atomic E-state index is 12.7. The summed E-state index contributed by atoms with van der Waals surface area (Å²) in [6.07, 6.45) is -0.643. The van der Waals surface area contributed by atoms with Crippen LogP contribution in [-0.2, 0) is 16.0 Å². The molecule has 6 nitrogen and oxygen atoms in total. The van der Waals surface area contributed by atoms with Crippen molar-refractivity contribution in [1.82, 2.24) is 5.32 Å². The van der Waals surface area contributed by atoms with Crippen molar-refractivity contribution in [3.8, 4) is 16.9 Å². The monoisotopic (exact) mass is 509 g/mol. The van der Waals surface area contributed by atoms with Gasteiger partial charge in [-0.15, -0.1) is 0 Å². The lowest BCUT2D eigenvalue weighted by Crippen LogP contribution is -2.42. The second-order valence-electron chi connectivity index (χ2n) is 10.6. The Bertz CT molecular complexity index is 1460. The molecule has 6 heteroatoms. The average Bonchev–Trinajstić information content (AvgIpc) is 3.20. The third-order valence-electron chi connectivity index (χ3n) is 6.70. The summed E-state index contributed by atoms with van der Waals surface area (Å²) in [6, 6.07) is 26.6. The Balaban J connectivity index is 1.29. The number of hydrogen-bond acceptors (Lipinski definition) is 4. The lowest BCUT2D eigenvalue weighted by atomic mass is 9.98. The molecule has 5 rings (SSSR count). The van der Waals surface area contributed by atoms with Gasteiger partial charge < -0.3 is 19.9 Å². The summed E-state index contributed by atoms with van der Waals surface area (Å²) in [6.45, 7) is 6.06. The second-order valence-corrected chi connectivity index (χ2v) is 10.6. The second kappa shape index (κ2) is 10.2. The zero-order valence-corrected chi connectivity index (χ0v) is 21.7. The van der Waals surface area contributed by atoms with E-state index in [2.05, 4.69) is 17.4 Å². The van der Waals surface area contributed by atoms with Crippen LogP contribution in [-0.4, -0.2) is 35.4 Å². The molecule has 38 heavy (non-hydrogen) atoms. The molecular weight excluding hydrogens is 478 g/mol. The molecule has 0 saturated heterocycles. The number of alkyl carbamates (subject to hydrolysis) is 1. The molecule has 0 bridgehead atoms. The molecule has 1 aliphatic rings. The minimum Gasteiger partial charge on any atom is -0.488 e. The third kappa shape index (κ3) is 5.35. The number of amides is 1. The molecule has 0 radical (unpaired) electrons. The Hall–Kier alpha value is -4.32. The Morgan fingerprint density at radius 2 is 1.55 bits per heavy atom. The molecule has 0 unspecified atom stereocenters. The number of carbonyl (C=O) groups is 2. The molecule has 194 valence electrons. The first kappa shape index (κ1) is 25.3. The SMILES string of the molecule is CC(C)(C)Oc1cccc2ccc(C[C@H](NC(=O)OCC3c4ccccc4-c4ccccc43)C(=O)O)cc12. The van der Waals surface area contributed by atoms with Crippen LogP contribution in [0.15, 0.2) is 84.9 Å². The van der Waals surface area contributed by atoms with E-state index in [-0.39, 0.29) is 24.5 Å². The fourth-order valence-electron chi connectivity index (χ4n) is 5.06. The summed E-state index contributed by atoms with van der Waals surface area (Å²) in [5, 5.41) is 14.3. The number of fused-ring (bicyclic) bond motifs is 4. The predicted molar refractivity (Wildman–Crippen MR) is 148 cm³/mol. The van der Waals surface area contributed by atoms with Gasteiger partial charge in [-0.2, -0.15) is 0 Å². The van der Waals surface area contributed by atoms with E-state index in [0.717, 1.165) is 44.3 Å². The highest BCUT2D eigenvalue weighted by Crippen LogP contribution is 2.44. The lowest BCUT2D eigenvalue weighted by Gasteiger charge is -2.23. The summed E-state index contributed by atoms with van der Waals surface area (Å²) in [5.74, 6) is -0.496. The van der Waals surface area contributed by atoms with Gasteiger partial charge in [-0.05, 0) is 66.1 Å². The smallest absolute Gasteiger partial charge is 0.407 e. The fourth-order valence-corrected chi connectivity index (χ4v) is 5.06. The number of carboxylic acids is 1. The van der Waals surface area contributed by atoms with E-state index in [0.29, 0.717) is 0 Å². The topological polar surface area (TPSA) is 84.9 Å². The molecular formula is C32H31NO5. The summed E-state index contributed by atoms with van der Waals surface area (Å²) in [7, 11) is 0. The van der Waals surface area contributed by atoms with Crippen molar-refractivity contribution in [2.45, 2.75) is 44.8 Å². The van der Waals surface area contributed by atoms with Gasteiger partial charge >= 0.3 is 12.1 Å². The minimum atomic E-state index is -1.14. The van der Waals surface area contributed by atoms with Gasteiger partial charge in [0.15, 0.2) is 0 Å². The molecule has 0 aromatic heterocycles. The van der Waals surface area contributed by atoms with Crippen LogP contribution in [0.25, 0.3) is 21.9 Å². The number of carbonyl (C=O) groups excluding carboxylic acids is 1. The number of benzene rings is 4. The highest BCUT2D eigenvalue weighted by molar-refractivity contribution is 5.89. The van der Waals surface area contributed by atoms with Gasteiger partial charge in [-0.25, -0.2) is 9.59 Å². The molecule has 1 atom stereocenters. The van der Waals surface area contributed by atoms with Gasteiger partial charge in [0.2, 0.25) is 0 Å². The molecule has 0 saturated carbocycles. The predicted octanol–water partition coefficient (Wildman–Crippen LogP) is 6.55. The van der Waals surface area contributed by atoms with E-state index >= 15 is 0 Å². The minimum absolute atomic E-state index is 0.0989. The maximum atomic E-state index is 12.7. The quantitative estimate of drug-likeness (QED) is 0.295. The molecule has 1 amide bonds. The van der Waals surface area contributed by atoms with Crippen molar-refractivity contribution in [1.29, 1.82) is 0 Å². The normalized spacial score (nSPS) is 13.4. The van der Waals surface area contributed by atoms with Crippen molar-refractivity contribution in [3.63, 3.8) is 0 Å². The summed E-state index contributed by atoms with van der Waals surface area (Å²) < 4.78 is 11.7. The number of aliphatic carboxylic acids is 1. The van der Waals surface area contributed by atoms with Gasteiger partial charge in [-0.3, -0.25) is 0 Å². The first-order chi connectivity index (χ1) is 18.2. The average molecular weight is 510 g/mol. The fraction of sp³-hybridized carbons (Fsp3) is 0.250. The molecule has 4 aromatic rings. The van der Waals surface area contributed by atoms with E-state index in [1.165, 1.54) is 0 Å². The molecule has 4 aromatic carbocycles. The standard InChI is InChI=1S/C32H31NO5/c1-32(2,3)38-29-14-8-9-21-16-15-20(17-26(21)29)18-28(30(34)35)33-31(36)37-19-27-24-12-6-4-10-22(24)23-11-5-7-13-25(23)27/h4-17,27-28H,18-19H2,1-3H3,(H,33,36)(H,34,35)/t28-/m0/s1. The van der Waals surface area contributed by atoms with Crippen molar-refractivity contribution in [2.75, 3.05) is 6.61 Å². The Morgan fingerprint density at radius 1 is 0.895 bits per heavy atom. The number of hydrogen-bond donors (Lipinski definition) is 2. The van der Waals surface area contributed by atoms with Gasteiger partial charge in [0, 0.05) is 17.7 Å². The van der Waals surface area contributed by atoms with E-state index in [4.69, 9.17) is 9.47 Å². The largest absolute Gasteiger partial charge is 0.488 e. The highest BCUT2D eigenvalue weighted by atomic mass is 16.5. The zero-order valence-electron chi connectivity index (χ0n) is 21.7. The van der Waals surface area contributed by atoms with Crippen molar-refractivity contribution >= 4 is 22.8 Å². The lowest BCUT2D eigenvalue weighted by molar-refractivity contribution is -0.139. The molecule has 2 N–H and O–H groups in total. The molecule has 0 aliphatic heterocycles. The van der Waals surface area contributed by atoms with Crippen molar-refractivity contribution < 1.29 is 24.2 Å². The van der Waals surface area contributed by atoms with E-state index in [9.17, 15) is 14.7 Å². The Labute approximate surface area is 222 Å².